The summed E-state index contributed by atoms with van der Waals surface area (Å²) in [6, 6.07) is 7.14. The highest BCUT2D eigenvalue weighted by Gasteiger charge is 2.09. The molecule has 0 bridgehead atoms. The molecule has 1 heterocycles. The Balaban J connectivity index is 1.79. The molecule has 5 nitrogen and oxygen atoms in total. The molecular weight excluding hydrogens is 290 g/mol. The van der Waals surface area contributed by atoms with E-state index in [9.17, 15) is 4.79 Å². The first-order chi connectivity index (χ1) is 10.2. The average molecular weight is 307 g/mol. The van der Waals surface area contributed by atoms with Crippen LogP contribution >= 0.6 is 11.3 Å². The van der Waals surface area contributed by atoms with Crippen LogP contribution < -0.4 is 9.47 Å². The molecule has 0 aliphatic heterocycles. The lowest BCUT2D eigenvalue weighted by molar-refractivity contribution is -0.147. The van der Waals surface area contributed by atoms with Gasteiger partial charge in [0.15, 0.2) is 18.1 Å². The van der Waals surface area contributed by atoms with Gasteiger partial charge >= 0.3 is 5.97 Å². The summed E-state index contributed by atoms with van der Waals surface area (Å²) in [5, 5.41) is 2.93. The van der Waals surface area contributed by atoms with Crippen molar-refractivity contribution in [2.75, 3.05) is 13.7 Å². The number of aryl methyl sites for hydroxylation is 1. The molecule has 0 unspecified atom stereocenters. The van der Waals surface area contributed by atoms with E-state index in [-0.39, 0.29) is 13.2 Å². The van der Waals surface area contributed by atoms with E-state index in [0.717, 1.165) is 17.1 Å². The summed E-state index contributed by atoms with van der Waals surface area (Å²) in [6.07, 6.45) is 0.884. The van der Waals surface area contributed by atoms with Gasteiger partial charge in [-0.05, 0) is 18.6 Å². The second-order valence-corrected chi connectivity index (χ2v) is 5.13. The van der Waals surface area contributed by atoms with E-state index in [2.05, 4.69) is 4.98 Å². The van der Waals surface area contributed by atoms with Gasteiger partial charge in [-0.25, -0.2) is 9.78 Å². The lowest BCUT2D eigenvalue weighted by atomic mass is 10.3. The van der Waals surface area contributed by atoms with Crippen molar-refractivity contribution < 1.29 is 19.0 Å². The summed E-state index contributed by atoms with van der Waals surface area (Å²) in [5.74, 6) is 0.656. The van der Waals surface area contributed by atoms with Crippen LogP contribution in [0.5, 0.6) is 11.5 Å². The van der Waals surface area contributed by atoms with Crippen molar-refractivity contribution in [2.45, 2.75) is 20.0 Å². The molecule has 0 saturated carbocycles. The van der Waals surface area contributed by atoms with Gasteiger partial charge in [0.2, 0.25) is 0 Å². The molecule has 6 heteroatoms. The number of esters is 1. The van der Waals surface area contributed by atoms with Crippen LogP contribution in [0.15, 0.2) is 29.6 Å². The number of nitrogens with zero attached hydrogens (tertiary/aromatic N) is 1. The maximum atomic E-state index is 11.7. The monoisotopic (exact) mass is 307 g/mol. The zero-order chi connectivity index (χ0) is 15.1. The largest absolute Gasteiger partial charge is 0.493 e. The molecule has 0 N–H and O–H groups in total. The van der Waals surface area contributed by atoms with Crippen LogP contribution in [0.3, 0.4) is 0 Å². The van der Waals surface area contributed by atoms with Crippen molar-refractivity contribution in [3.05, 3.63) is 40.3 Å². The molecule has 0 fully saturated rings. The van der Waals surface area contributed by atoms with Crippen LogP contribution in [0.25, 0.3) is 0 Å². The number of carbonyl (C=O) groups excluding carboxylic acids is 1. The quantitative estimate of drug-likeness (QED) is 0.736. The fraction of sp³-hybridized carbons (Fsp3) is 0.333. The zero-order valence-corrected chi connectivity index (χ0v) is 12.8. The van der Waals surface area contributed by atoms with Crippen molar-refractivity contribution >= 4 is 17.3 Å². The van der Waals surface area contributed by atoms with Crippen molar-refractivity contribution in [1.82, 2.24) is 4.98 Å². The minimum absolute atomic E-state index is 0.162. The van der Waals surface area contributed by atoms with Gasteiger partial charge in [-0.15, -0.1) is 11.3 Å². The zero-order valence-electron chi connectivity index (χ0n) is 12.0. The smallest absolute Gasteiger partial charge is 0.344 e. The highest BCUT2D eigenvalue weighted by molar-refractivity contribution is 7.09. The summed E-state index contributed by atoms with van der Waals surface area (Å²) in [4.78, 5) is 16.0. The van der Waals surface area contributed by atoms with E-state index in [0.29, 0.717) is 11.5 Å². The van der Waals surface area contributed by atoms with Crippen LogP contribution in [-0.2, 0) is 22.6 Å². The second-order valence-electron chi connectivity index (χ2n) is 4.19. The Labute approximate surface area is 127 Å². The lowest BCUT2D eigenvalue weighted by Crippen LogP contribution is -2.15. The predicted molar refractivity (Wildman–Crippen MR) is 79.8 cm³/mol. The first kappa shape index (κ1) is 15.3. The van der Waals surface area contributed by atoms with E-state index >= 15 is 0 Å². The molecule has 112 valence electrons. The van der Waals surface area contributed by atoms with Crippen LogP contribution in [0.4, 0.5) is 0 Å². The van der Waals surface area contributed by atoms with Crippen molar-refractivity contribution in [1.29, 1.82) is 0 Å². The van der Waals surface area contributed by atoms with Gasteiger partial charge in [-0.2, -0.15) is 0 Å². The maximum absolute atomic E-state index is 11.7. The normalized spacial score (nSPS) is 10.2. The molecule has 1 aromatic carbocycles. The third-order valence-electron chi connectivity index (χ3n) is 2.70. The number of thiazole rings is 1. The van der Waals surface area contributed by atoms with Crippen molar-refractivity contribution in [3.63, 3.8) is 0 Å². The summed E-state index contributed by atoms with van der Waals surface area (Å²) in [6.45, 7) is 2.05. The molecule has 0 radical (unpaired) electrons. The van der Waals surface area contributed by atoms with Gasteiger partial charge in [-0.3, -0.25) is 0 Å². The first-order valence-corrected chi connectivity index (χ1v) is 7.45. The summed E-state index contributed by atoms with van der Waals surface area (Å²) in [5.41, 5.74) is 0.766. The van der Waals surface area contributed by atoms with Crippen LogP contribution in [-0.4, -0.2) is 24.7 Å². The van der Waals surface area contributed by atoms with E-state index in [1.807, 2.05) is 24.4 Å². The molecule has 0 spiro atoms. The topological polar surface area (TPSA) is 57.7 Å². The number of ether oxygens (including phenoxy) is 3. The highest BCUT2D eigenvalue weighted by Crippen LogP contribution is 2.25. The molecular formula is C15H17NO4S. The number of hydrogen-bond donors (Lipinski definition) is 0. The number of rotatable bonds is 7. The Bertz CT molecular complexity index is 597. The molecule has 0 atom stereocenters. The molecule has 21 heavy (non-hydrogen) atoms. The summed E-state index contributed by atoms with van der Waals surface area (Å²) >= 11 is 1.57. The minimum Gasteiger partial charge on any atom is -0.493 e. The third kappa shape index (κ3) is 4.46. The van der Waals surface area contributed by atoms with E-state index < -0.39 is 5.97 Å². The van der Waals surface area contributed by atoms with Gasteiger partial charge in [-0.1, -0.05) is 19.1 Å². The Morgan fingerprint density at radius 3 is 2.71 bits per heavy atom. The second kappa shape index (κ2) is 7.64. The standard InChI is InChI=1S/C15H17NO4S/c1-3-14-16-11(10-21-14)8-20-15(17)9-19-13-7-5-4-6-12(13)18-2/h4-7,10H,3,8-9H2,1-2H3. The Kier molecular flexibility index (Phi) is 5.57. The van der Waals surface area contributed by atoms with Gasteiger partial charge in [0.1, 0.15) is 6.61 Å². The molecule has 2 aromatic rings. The number of hydrogen-bond acceptors (Lipinski definition) is 6. The Hall–Kier alpha value is -2.08. The van der Waals surface area contributed by atoms with Crippen LogP contribution in [0, 0.1) is 0 Å². The fourth-order valence-corrected chi connectivity index (χ4v) is 2.38. The van der Waals surface area contributed by atoms with E-state index in [4.69, 9.17) is 14.2 Å². The van der Waals surface area contributed by atoms with Gasteiger partial charge in [0.05, 0.1) is 17.8 Å². The lowest BCUT2D eigenvalue weighted by Gasteiger charge is -2.09. The molecule has 0 aliphatic carbocycles. The number of carbonyl (C=O) groups is 1. The Morgan fingerprint density at radius 2 is 2.05 bits per heavy atom. The highest BCUT2D eigenvalue weighted by atomic mass is 32.1. The SMILES string of the molecule is CCc1nc(COC(=O)COc2ccccc2OC)cs1. The fourth-order valence-electron chi connectivity index (χ4n) is 1.65. The molecule has 0 saturated heterocycles. The van der Waals surface area contributed by atoms with Crippen molar-refractivity contribution in [2.24, 2.45) is 0 Å². The summed E-state index contributed by atoms with van der Waals surface area (Å²) in [7, 11) is 1.55. The summed E-state index contributed by atoms with van der Waals surface area (Å²) < 4.78 is 15.6. The van der Waals surface area contributed by atoms with Crippen LogP contribution in [0.2, 0.25) is 0 Å². The molecule has 2 rings (SSSR count). The average Bonchev–Trinajstić information content (AvgIpc) is 2.99. The minimum atomic E-state index is -0.438. The van der Waals surface area contributed by atoms with E-state index in [1.165, 1.54) is 0 Å². The molecule has 0 amide bonds. The van der Waals surface area contributed by atoms with Gasteiger partial charge in [0, 0.05) is 5.38 Å². The predicted octanol–water partition coefficient (Wildman–Crippen LogP) is 2.84. The number of benzene rings is 1. The number of aromatic nitrogens is 1. The molecule has 0 aliphatic rings. The van der Waals surface area contributed by atoms with Gasteiger partial charge < -0.3 is 14.2 Å². The first-order valence-electron chi connectivity index (χ1n) is 6.57. The number of para-hydroxylation sites is 2. The molecule has 1 aromatic heterocycles. The van der Waals surface area contributed by atoms with E-state index in [1.54, 1.807) is 30.6 Å². The van der Waals surface area contributed by atoms with Crippen LogP contribution in [0.1, 0.15) is 17.6 Å². The van der Waals surface area contributed by atoms with Gasteiger partial charge in [0.25, 0.3) is 0 Å². The van der Waals surface area contributed by atoms with Crippen molar-refractivity contribution in [3.8, 4) is 11.5 Å². The number of methoxy groups -OCH3 is 1. The third-order valence-corrected chi connectivity index (χ3v) is 3.74. The Morgan fingerprint density at radius 1 is 1.29 bits per heavy atom. The maximum Gasteiger partial charge on any atom is 0.344 e.